The van der Waals surface area contributed by atoms with Gasteiger partial charge in [0, 0.05) is 60.2 Å². The van der Waals surface area contributed by atoms with Gasteiger partial charge in [-0.15, -0.1) is 0 Å². The Labute approximate surface area is 346 Å². The fraction of sp³-hybridized carbons (Fsp3) is 0.0545. The molecule has 0 aliphatic heterocycles. The SMILES string of the molecule is CC1(C)c2ccccc2-c2ccc(-c3nc(-c4ccccc4)nc(-c4cccc(-c5c6c(cc7c(-c8ccccc8)nc8ccccc8c57)oc5ccccc56)c4)n3)cc21. The van der Waals surface area contributed by atoms with Gasteiger partial charge >= 0.3 is 0 Å². The van der Waals surface area contributed by atoms with E-state index in [0.29, 0.717) is 17.5 Å². The van der Waals surface area contributed by atoms with Crippen molar-refractivity contribution >= 4 is 43.6 Å². The lowest BCUT2D eigenvalue weighted by atomic mass is 9.82. The van der Waals surface area contributed by atoms with Crippen LogP contribution in [0.1, 0.15) is 25.0 Å². The molecule has 0 N–H and O–H groups in total. The highest BCUT2D eigenvalue weighted by molar-refractivity contribution is 6.27. The third-order valence-corrected chi connectivity index (χ3v) is 12.3. The number of hydrogen-bond acceptors (Lipinski definition) is 5. The van der Waals surface area contributed by atoms with Gasteiger partial charge in [0.2, 0.25) is 0 Å². The Morgan fingerprint density at radius 1 is 0.383 bits per heavy atom. The molecule has 0 unspecified atom stereocenters. The van der Waals surface area contributed by atoms with Gasteiger partial charge < -0.3 is 4.42 Å². The van der Waals surface area contributed by atoms with E-state index in [1.807, 2.05) is 36.4 Å². The summed E-state index contributed by atoms with van der Waals surface area (Å²) in [6, 6.07) is 63.6. The fourth-order valence-corrected chi connectivity index (χ4v) is 9.43. The van der Waals surface area contributed by atoms with Crippen LogP contribution in [0.5, 0.6) is 0 Å². The van der Waals surface area contributed by atoms with Crippen LogP contribution in [0, 0.1) is 0 Å². The highest BCUT2D eigenvalue weighted by atomic mass is 16.3. The molecule has 0 saturated carbocycles. The average Bonchev–Trinajstić information content (AvgIpc) is 3.79. The average molecular weight is 769 g/mol. The topological polar surface area (TPSA) is 64.7 Å². The number of benzene rings is 8. The summed E-state index contributed by atoms with van der Waals surface area (Å²) in [6.07, 6.45) is 0. The van der Waals surface area contributed by atoms with Crippen molar-refractivity contribution in [2.75, 3.05) is 0 Å². The van der Waals surface area contributed by atoms with Crippen molar-refractivity contribution in [3.8, 4) is 67.7 Å². The van der Waals surface area contributed by atoms with Crippen LogP contribution in [0.15, 0.2) is 186 Å². The standard InChI is InChI=1S/C55H36N4O/c1-55(2)43-25-12-9-22-38(43)39-29-28-37(31-44(39)55)54-58-52(34-18-7-4-8-19-34)57-53(59-54)36-21-15-20-35(30-36)48-49-40-23-10-13-26-45(40)56-51(33-16-5-3-6-17-33)42(49)32-47-50(48)41-24-11-14-27-46(41)60-47/h3-32H,1-2H3. The lowest BCUT2D eigenvalue weighted by molar-refractivity contribution is 0.660. The predicted octanol–water partition coefficient (Wildman–Crippen LogP) is 14.1. The normalized spacial score (nSPS) is 13.0. The van der Waals surface area contributed by atoms with E-state index < -0.39 is 0 Å². The molecule has 0 amide bonds. The number of para-hydroxylation sites is 2. The number of fused-ring (bicyclic) bond motifs is 9. The molecule has 0 fully saturated rings. The van der Waals surface area contributed by atoms with E-state index in [0.717, 1.165) is 82.7 Å². The number of nitrogens with zero attached hydrogens (tertiary/aromatic N) is 4. The molecular weight excluding hydrogens is 733 g/mol. The maximum absolute atomic E-state index is 6.68. The summed E-state index contributed by atoms with van der Waals surface area (Å²) < 4.78 is 6.68. The van der Waals surface area contributed by atoms with Crippen molar-refractivity contribution in [1.82, 2.24) is 19.9 Å². The van der Waals surface area contributed by atoms with Gasteiger partial charge in [-0.3, -0.25) is 0 Å². The summed E-state index contributed by atoms with van der Waals surface area (Å²) >= 11 is 0. The van der Waals surface area contributed by atoms with Crippen LogP contribution >= 0.6 is 0 Å². The molecule has 0 atom stereocenters. The Bertz CT molecular complexity index is 3520. The molecule has 0 spiro atoms. The quantitative estimate of drug-likeness (QED) is 0.163. The minimum atomic E-state index is -0.157. The summed E-state index contributed by atoms with van der Waals surface area (Å²) in [5.41, 5.74) is 14.5. The van der Waals surface area contributed by atoms with Crippen LogP contribution in [0.25, 0.3) is 111 Å². The first-order valence-electron chi connectivity index (χ1n) is 20.4. The Balaban J connectivity index is 1.11. The molecule has 3 heterocycles. The summed E-state index contributed by atoms with van der Waals surface area (Å²) in [6.45, 7) is 4.60. The zero-order chi connectivity index (χ0) is 40.0. The van der Waals surface area contributed by atoms with Gasteiger partial charge in [-0.2, -0.15) is 0 Å². The minimum absolute atomic E-state index is 0.157. The third-order valence-electron chi connectivity index (χ3n) is 12.3. The highest BCUT2D eigenvalue weighted by Crippen LogP contribution is 2.50. The highest BCUT2D eigenvalue weighted by Gasteiger charge is 2.35. The van der Waals surface area contributed by atoms with Crippen LogP contribution in [-0.2, 0) is 5.41 Å². The summed E-state index contributed by atoms with van der Waals surface area (Å²) in [4.78, 5) is 20.9. The Morgan fingerprint density at radius 2 is 0.983 bits per heavy atom. The number of pyridine rings is 1. The number of furan rings is 1. The molecule has 12 rings (SSSR count). The Hall–Kier alpha value is -7.76. The molecule has 1 aliphatic rings. The second-order valence-electron chi connectivity index (χ2n) is 16.2. The van der Waals surface area contributed by atoms with E-state index in [1.54, 1.807) is 0 Å². The Morgan fingerprint density at radius 3 is 1.78 bits per heavy atom. The van der Waals surface area contributed by atoms with Gasteiger partial charge in [0.25, 0.3) is 0 Å². The summed E-state index contributed by atoms with van der Waals surface area (Å²) in [7, 11) is 0. The van der Waals surface area contributed by atoms with Crippen LogP contribution in [0.2, 0.25) is 0 Å². The maximum Gasteiger partial charge on any atom is 0.164 e. The molecule has 0 bridgehead atoms. The first kappa shape index (κ1) is 34.3. The number of hydrogen-bond donors (Lipinski definition) is 0. The molecule has 5 nitrogen and oxygen atoms in total. The van der Waals surface area contributed by atoms with Crippen molar-refractivity contribution in [3.05, 3.63) is 193 Å². The lowest BCUT2D eigenvalue weighted by Crippen LogP contribution is -2.15. The van der Waals surface area contributed by atoms with Gasteiger partial charge in [-0.1, -0.05) is 166 Å². The molecule has 60 heavy (non-hydrogen) atoms. The summed E-state index contributed by atoms with van der Waals surface area (Å²) in [5.74, 6) is 1.87. The first-order valence-corrected chi connectivity index (χ1v) is 20.4. The minimum Gasteiger partial charge on any atom is -0.456 e. The van der Waals surface area contributed by atoms with Crippen LogP contribution in [0.4, 0.5) is 0 Å². The zero-order valence-electron chi connectivity index (χ0n) is 33.0. The van der Waals surface area contributed by atoms with E-state index in [9.17, 15) is 0 Å². The molecule has 3 aromatic heterocycles. The van der Waals surface area contributed by atoms with Gasteiger partial charge in [0.1, 0.15) is 11.2 Å². The smallest absolute Gasteiger partial charge is 0.164 e. The van der Waals surface area contributed by atoms with Crippen LogP contribution < -0.4 is 0 Å². The van der Waals surface area contributed by atoms with E-state index >= 15 is 0 Å². The molecule has 5 heteroatoms. The predicted molar refractivity (Wildman–Crippen MR) is 245 cm³/mol. The number of rotatable bonds is 5. The monoisotopic (exact) mass is 768 g/mol. The molecule has 0 saturated heterocycles. The largest absolute Gasteiger partial charge is 0.456 e. The molecule has 0 radical (unpaired) electrons. The summed E-state index contributed by atoms with van der Waals surface area (Å²) in [5, 5.41) is 5.36. The molecule has 8 aromatic carbocycles. The Kier molecular flexibility index (Phi) is 7.51. The lowest BCUT2D eigenvalue weighted by Gasteiger charge is -2.21. The van der Waals surface area contributed by atoms with E-state index in [2.05, 4.69) is 159 Å². The molecular formula is C55H36N4O. The van der Waals surface area contributed by atoms with Crippen molar-refractivity contribution < 1.29 is 4.42 Å². The van der Waals surface area contributed by atoms with Crippen molar-refractivity contribution in [1.29, 1.82) is 0 Å². The van der Waals surface area contributed by atoms with E-state index in [4.69, 9.17) is 24.4 Å². The van der Waals surface area contributed by atoms with Gasteiger partial charge in [-0.05, 0) is 58.1 Å². The molecule has 282 valence electrons. The van der Waals surface area contributed by atoms with E-state index in [-0.39, 0.29) is 5.41 Å². The maximum atomic E-state index is 6.68. The van der Waals surface area contributed by atoms with E-state index in [1.165, 1.54) is 22.3 Å². The number of aromatic nitrogens is 4. The van der Waals surface area contributed by atoms with Gasteiger partial charge in [0.05, 0.1) is 11.2 Å². The third kappa shape index (κ3) is 5.26. The fourth-order valence-electron chi connectivity index (χ4n) is 9.43. The molecule has 11 aromatic rings. The molecule has 1 aliphatic carbocycles. The first-order chi connectivity index (χ1) is 29.5. The van der Waals surface area contributed by atoms with Crippen molar-refractivity contribution in [2.45, 2.75) is 19.3 Å². The van der Waals surface area contributed by atoms with Gasteiger partial charge in [-0.25, -0.2) is 19.9 Å². The van der Waals surface area contributed by atoms with Crippen molar-refractivity contribution in [3.63, 3.8) is 0 Å². The second-order valence-corrected chi connectivity index (χ2v) is 16.2. The van der Waals surface area contributed by atoms with Crippen LogP contribution in [0.3, 0.4) is 0 Å². The second kappa shape index (κ2) is 13.1. The van der Waals surface area contributed by atoms with Gasteiger partial charge in [0.15, 0.2) is 17.5 Å². The zero-order valence-corrected chi connectivity index (χ0v) is 33.0. The van der Waals surface area contributed by atoms with Crippen LogP contribution in [-0.4, -0.2) is 19.9 Å². The van der Waals surface area contributed by atoms with Crippen molar-refractivity contribution in [2.24, 2.45) is 0 Å².